The zero-order chi connectivity index (χ0) is 13.4. The first-order valence-corrected chi connectivity index (χ1v) is 6.57. The lowest BCUT2D eigenvalue weighted by Crippen LogP contribution is -2.11. The highest BCUT2D eigenvalue weighted by Gasteiger charge is 2.27. The average molecular weight is 277 g/mol. The number of carboxylic acid groups (broad SMARTS) is 1. The van der Waals surface area contributed by atoms with Gasteiger partial charge >= 0.3 is 5.97 Å². The van der Waals surface area contributed by atoms with E-state index >= 15 is 0 Å². The van der Waals surface area contributed by atoms with Gasteiger partial charge in [-0.05, 0) is 36.6 Å². The van der Waals surface area contributed by atoms with E-state index in [1.165, 1.54) is 0 Å². The van der Waals surface area contributed by atoms with Crippen molar-refractivity contribution in [3.63, 3.8) is 0 Å². The summed E-state index contributed by atoms with van der Waals surface area (Å²) in [4.78, 5) is 10.9. The molecule has 1 aliphatic carbocycles. The molecule has 1 aromatic carbocycles. The molecule has 0 aliphatic heterocycles. The predicted molar refractivity (Wildman–Crippen MR) is 72.3 cm³/mol. The fourth-order valence-corrected chi connectivity index (χ4v) is 2.24. The van der Waals surface area contributed by atoms with Gasteiger partial charge in [0.25, 0.3) is 0 Å². The van der Waals surface area contributed by atoms with Crippen LogP contribution in [0.2, 0.25) is 5.02 Å². The van der Waals surface area contributed by atoms with Crippen LogP contribution in [-0.2, 0) is 11.3 Å². The number of hydrogen-bond acceptors (Lipinski definition) is 2. The molecule has 3 rings (SSSR count). The molecule has 0 radical (unpaired) electrons. The Morgan fingerprint density at radius 3 is 2.63 bits per heavy atom. The van der Waals surface area contributed by atoms with Crippen LogP contribution in [0.1, 0.15) is 24.5 Å². The minimum Gasteiger partial charge on any atom is -0.480 e. The Morgan fingerprint density at radius 2 is 2.05 bits per heavy atom. The quantitative estimate of drug-likeness (QED) is 0.933. The highest BCUT2D eigenvalue weighted by Crippen LogP contribution is 2.40. The van der Waals surface area contributed by atoms with Gasteiger partial charge in [0, 0.05) is 10.9 Å². The van der Waals surface area contributed by atoms with Gasteiger partial charge in [-0.2, -0.15) is 5.10 Å². The lowest BCUT2D eigenvalue weighted by molar-refractivity contribution is -0.137. The molecule has 0 saturated heterocycles. The number of carboxylic acids is 1. The maximum Gasteiger partial charge on any atom is 0.325 e. The van der Waals surface area contributed by atoms with E-state index in [0.717, 1.165) is 29.8 Å². The third-order valence-corrected chi connectivity index (χ3v) is 3.47. The lowest BCUT2D eigenvalue weighted by atomic mass is 10.1. The minimum absolute atomic E-state index is 0.120. The maximum absolute atomic E-state index is 10.9. The van der Waals surface area contributed by atoms with Crippen molar-refractivity contribution in [1.29, 1.82) is 0 Å². The lowest BCUT2D eigenvalue weighted by Gasteiger charge is -2.04. The first-order chi connectivity index (χ1) is 9.13. The number of halogens is 1. The van der Waals surface area contributed by atoms with Crippen molar-refractivity contribution in [3.05, 3.63) is 41.0 Å². The van der Waals surface area contributed by atoms with Gasteiger partial charge in [-0.1, -0.05) is 23.7 Å². The molecule has 98 valence electrons. The molecule has 0 atom stereocenters. The fraction of sp³-hybridized carbons (Fsp3) is 0.286. The Hall–Kier alpha value is -1.81. The summed E-state index contributed by atoms with van der Waals surface area (Å²) in [6.45, 7) is -0.120. The Labute approximate surface area is 115 Å². The Kier molecular flexibility index (Phi) is 3.03. The summed E-state index contributed by atoms with van der Waals surface area (Å²) >= 11 is 5.87. The van der Waals surface area contributed by atoms with Crippen LogP contribution in [-0.4, -0.2) is 20.9 Å². The van der Waals surface area contributed by atoms with Crippen molar-refractivity contribution in [2.24, 2.45) is 0 Å². The van der Waals surface area contributed by atoms with Crippen LogP contribution in [0, 0.1) is 0 Å². The molecule has 0 unspecified atom stereocenters. The molecule has 5 heteroatoms. The van der Waals surface area contributed by atoms with E-state index < -0.39 is 5.97 Å². The number of aliphatic carboxylic acids is 1. The number of hydrogen-bond donors (Lipinski definition) is 1. The maximum atomic E-state index is 10.9. The van der Waals surface area contributed by atoms with Gasteiger partial charge in [0.1, 0.15) is 6.54 Å². The highest BCUT2D eigenvalue weighted by atomic mass is 35.5. The second kappa shape index (κ2) is 4.70. The Morgan fingerprint density at radius 1 is 1.37 bits per heavy atom. The summed E-state index contributed by atoms with van der Waals surface area (Å²) in [5, 5.41) is 14.0. The normalized spacial score (nSPS) is 14.6. The molecule has 1 saturated carbocycles. The molecule has 1 N–H and O–H groups in total. The molecule has 1 aromatic heterocycles. The van der Waals surface area contributed by atoms with Crippen molar-refractivity contribution in [3.8, 4) is 11.3 Å². The van der Waals surface area contributed by atoms with Gasteiger partial charge < -0.3 is 5.11 Å². The number of nitrogens with zero attached hydrogens (tertiary/aromatic N) is 2. The first kappa shape index (κ1) is 12.2. The van der Waals surface area contributed by atoms with Gasteiger partial charge in [-0.3, -0.25) is 9.48 Å². The van der Waals surface area contributed by atoms with Crippen molar-refractivity contribution >= 4 is 17.6 Å². The number of benzene rings is 1. The van der Waals surface area contributed by atoms with Gasteiger partial charge in [0.15, 0.2) is 0 Å². The minimum atomic E-state index is -0.888. The van der Waals surface area contributed by atoms with Gasteiger partial charge in [-0.25, -0.2) is 0 Å². The smallest absolute Gasteiger partial charge is 0.325 e. The SMILES string of the molecule is O=C(O)Cn1nc(C2CC2)cc1-c1ccc(Cl)cc1. The van der Waals surface area contributed by atoms with E-state index in [1.807, 2.05) is 18.2 Å². The summed E-state index contributed by atoms with van der Waals surface area (Å²) in [6, 6.07) is 9.35. The van der Waals surface area contributed by atoms with Crippen LogP contribution < -0.4 is 0 Å². The van der Waals surface area contributed by atoms with E-state index in [1.54, 1.807) is 16.8 Å². The number of carbonyl (C=O) groups is 1. The largest absolute Gasteiger partial charge is 0.480 e. The van der Waals surface area contributed by atoms with Gasteiger partial charge in [-0.15, -0.1) is 0 Å². The van der Waals surface area contributed by atoms with Crippen molar-refractivity contribution in [1.82, 2.24) is 9.78 Å². The van der Waals surface area contributed by atoms with Crippen molar-refractivity contribution in [2.75, 3.05) is 0 Å². The van der Waals surface area contributed by atoms with Crippen molar-refractivity contribution in [2.45, 2.75) is 25.3 Å². The third-order valence-electron chi connectivity index (χ3n) is 3.22. The van der Waals surface area contributed by atoms with E-state index in [9.17, 15) is 4.79 Å². The molecule has 0 bridgehead atoms. The first-order valence-electron chi connectivity index (χ1n) is 6.19. The molecule has 0 spiro atoms. The summed E-state index contributed by atoms with van der Waals surface area (Å²) in [7, 11) is 0. The van der Waals surface area contributed by atoms with E-state index in [-0.39, 0.29) is 6.54 Å². The monoisotopic (exact) mass is 276 g/mol. The van der Waals surface area contributed by atoms with E-state index in [4.69, 9.17) is 16.7 Å². The second-order valence-corrected chi connectivity index (χ2v) is 5.22. The second-order valence-electron chi connectivity index (χ2n) is 4.79. The third kappa shape index (κ3) is 2.63. The van der Waals surface area contributed by atoms with Crippen LogP contribution in [0.4, 0.5) is 0 Å². The Bertz CT molecular complexity index is 615. The van der Waals surface area contributed by atoms with Gasteiger partial charge in [0.05, 0.1) is 11.4 Å². The van der Waals surface area contributed by atoms with Crippen LogP contribution >= 0.6 is 11.6 Å². The molecule has 2 aromatic rings. The molecular formula is C14H13ClN2O2. The average Bonchev–Trinajstić information content (AvgIpc) is 3.13. The zero-order valence-electron chi connectivity index (χ0n) is 10.2. The zero-order valence-corrected chi connectivity index (χ0v) is 11.0. The summed E-state index contributed by atoms with van der Waals surface area (Å²) in [5.41, 5.74) is 2.76. The van der Waals surface area contributed by atoms with Crippen LogP contribution in [0.5, 0.6) is 0 Å². The molecule has 1 aliphatic rings. The van der Waals surface area contributed by atoms with Crippen LogP contribution in [0.15, 0.2) is 30.3 Å². The number of rotatable bonds is 4. The molecule has 0 amide bonds. The number of aromatic nitrogens is 2. The van der Waals surface area contributed by atoms with Crippen molar-refractivity contribution < 1.29 is 9.90 Å². The van der Waals surface area contributed by atoms with E-state index in [0.29, 0.717) is 10.9 Å². The highest BCUT2D eigenvalue weighted by molar-refractivity contribution is 6.30. The van der Waals surface area contributed by atoms with Gasteiger partial charge in [0.2, 0.25) is 0 Å². The summed E-state index contributed by atoms with van der Waals surface area (Å²) in [5.74, 6) is -0.387. The standard InChI is InChI=1S/C14H13ClN2O2/c15-11-5-3-10(4-6-11)13-7-12(9-1-2-9)16-17(13)8-14(18)19/h3-7,9H,1-2,8H2,(H,18,19). The molecule has 1 heterocycles. The molecule has 1 fully saturated rings. The Balaban J connectivity index is 2.01. The summed E-state index contributed by atoms with van der Waals surface area (Å²) in [6.07, 6.45) is 2.29. The fourth-order valence-electron chi connectivity index (χ4n) is 2.12. The molecule has 19 heavy (non-hydrogen) atoms. The topological polar surface area (TPSA) is 55.1 Å². The predicted octanol–water partition coefficient (Wildman–Crippen LogP) is 3.17. The van der Waals surface area contributed by atoms with Crippen LogP contribution in [0.25, 0.3) is 11.3 Å². The molecular weight excluding hydrogens is 264 g/mol. The van der Waals surface area contributed by atoms with Crippen LogP contribution in [0.3, 0.4) is 0 Å². The molecule has 4 nitrogen and oxygen atoms in total. The van der Waals surface area contributed by atoms with E-state index in [2.05, 4.69) is 5.10 Å². The summed E-state index contributed by atoms with van der Waals surface area (Å²) < 4.78 is 1.55.